The summed E-state index contributed by atoms with van der Waals surface area (Å²) >= 11 is 0. The van der Waals surface area contributed by atoms with Crippen LogP contribution in [0.15, 0.2) is 18.2 Å². The van der Waals surface area contributed by atoms with E-state index < -0.39 is 0 Å². The Morgan fingerprint density at radius 2 is 2.29 bits per heavy atom. The van der Waals surface area contributed by atoms with Crippen molar-refractivity contribution >= 4 is 5.91 Å². The molecule has 2 heterocycles. The van der Waals surface area contributed by atoms with Gasteiger partial charge in [0, 0.05) is 19.6 Å². The first-order chi connectivity index (χ1) is 10.1. The fourth-order valence-corrected chi connectivity index (χ4v) is 3.66. The molecule has 1 fully saturated rings. The maximum Gasteiger partial charge on any atom is 0.230 e. The zero-order valence-electron chi connectivity index (χ0n) is 12.7. The van der Waals surface area contributed by atoms with Gasteiger partial charge in [0.2, 0.25) is 5.91 Å². The molecule has 114 valence electrons. The lowest BCUT2D eigenvalue weighted by molar-refractivity contribution is -0.144. The highest BCUT2D eigenvalue weighted by atomic mass is 16.3. The van der Waals surface area contributed by atoms with Gasteiger partial charge in [-0.05, 0) is 55.5 Å². The summed E-state index contributed by atoms with van der Waals surface area (Å²) in [7, 11) is 0. The molecule has 1 unspecified atom stereocenters. The molecular formula is C17H24N2O2. The summed E-state index contributed by atoms with van der Waals surface area (Å²) in [4.78, 5) is 15.0. The zero-order chi connectivity index (χ0) is 14.9. The third-order valence-corrected chi connectivity index (χ3v) is 5.09. The van der Waals surface area contributed by atoms with Gasteiger partial charge in [-0.25, -0.2) is 0 Å². The minimum absolute atomic E-state index is 0.230. The number of hydrogen-bond donors (Lipinski definition) is 2. The van der Waals surface area contributed by atoms with E-state index in [2.05, 4.69) is 12.2 Å². The van der Waals surface area contributed by atoms with Gasteiger partial charge in [0.15, 0.2) is 0 Å². The number of piperidine rings is 1. The second kappa shape index (κ2) is 5.68. The Labute approximate surface area is 126 Å². The largest absolute Gasteiger partial charge is 0.508 e. The van der Waals surface area contributed by atoms with E-state index in [1.807, 2.05) is 11.0 Å². The standard InChI is InChI=1S/C17H24N2O2/c1-2-17(7-3-8-18-12-17)16(21)19-9-6-13-4-5-15(20)10-14(13)11-19/h4-5,10,18,20H,2-3,6-9,11-12H2,1H3. The van der Waals surface area contributed by atoms with E-state index in [1.165, 1.54) is 5.56 Å². The molecule has 0 aromatic heterocycles. The van der Waals surface area contributed by atoms with E-state index in [4.69, 9.17) is 0 Å². The highest BCUT2D eigenvalue weighted by molar-refractivity contribution is 5.83. The summed E-state index contributed by atoms with van der Waals surface area (Å²) in [6.45, 7) is 5.36. The average Bonchev–Trinajstić information content (AvgIpc) is 2.54. The van der Waals surface area contributed by atoms with E-state index in [0.29, 0.717) is 6.54 Å². The number of rotatable bonds is 2. The predicted molar refractivity (Wildman–Crippen MR) is 82.1 cm³/mol. The molecule has 2 N–H and O–H groups in total. The van der Waals surface area contributed by atoms with Crippen molar-refractivity contribution in [2.75, 3.05) is 19.6 Å². The minimum Gasteiger partial charge on any atom is -0.508 e. The molecule has 21 heavy (non-hydrogen) atoms. The van der Waals surface area contributed by atoms with E-state index in [1.54, 1.807) is 12.1 Å². The van der Waals surface area contributed by atoms with E-state index in [0.717, 1.165) is 50.9 Å². The first-order valence-corrected chi connectivity index (χ1v) is 7.95. The number of benzene rings is 1. The van der Waals surface area contributed by atoms with Crippen molar-refractivity contribution in [1.29, 1.82) is 0 Å². The Balaban J connectivity index is 1.80. The number of nitrogens with zero attached hydrogens (tertiary/aromatic N) is 1. The fraction of sp³-hybridized carbons (Fsp3) is 0.588. The fourth-order valence-electron chi connectivity index (χ4n) is 3.66. The molecule has 2 aliphatic heterocycles. The smallest absolute Gasteiger partial charge is 0.230 e. The lowest BCUT2D eigenvalue weighted by atomic mass is 9.76. The van der Waals surface area contributed by atoms with Crippen LogP contribution in [-0.2, 0) is 17.8 Å². The monoisotopic (exact) mass is 288 g/mol. The summed E-state index contributed by atoms with van der Waals surface area (Å²) in [5, 5.41) is 13.0. The van der Waals surface area contributed by atoms with Crippen LogP contribution in [0.4, 0.5) is 0 Å². The van der Waals surface area contributed by atoms with Gasteiger partial charge in [-0.2, -0.15) is 0 Å². The summed E-state index contributed by atoms with van der Waals surface area (Å²) in [5.41, 5.74) is 2.11. The maximum atomic E-state index is 13.0. The topological polar surface area (TPSA) is 52.6 Å². The average molecular weight is 288 g/mol. The van der Waals surface area contributed by atoms with Crippen molar-refractivity contribution in [3.63, 3.8) is 0 Å². The molecule has 0 saturated carbocycles. The Kier molecular flexibility index (Phi) is 3.89. The molecule has 0 radical (unpaired) electrons. The summed E-state index contributed by atoms with van der Waals surface area (Å²) in [6, 6.07) is 5.51. The molecule has 0 bridgehead atoms. The number of fused-ring (bicyclic) bond motifs is 1. The van der Waals surface area contributed by atoms with Gasteiger partial charge in [-0.1, -0.05) is 13.0 Å². The SMILES string of the molecule is CCC1(C(=O)N2CCc3ccc(O)cc3C2)CCCNC1. The first-order valence-electron chi connectivity index (χ1n) is 7.95. The van der Waals surface area contributed by atoms with Gasteiger partial charge in [-0.15, -0.1) is 0 Å². The van der Waals surface area contributed by atoms with Crippen LogP contribution in [0.1, 0.15) is 37.3 Å². The van der Waals surface area contributed by atoms with Gasteiger partial charge >= 0.3 is 0 Å². The molecule has 0 spiro atoms. The van der Waals surface area contributed by atoms with Crippen molar-refractivity contribution < 1.29 is 9.90 Å². The van der Waals surface area contributed by atoms with Crippen molar-refractivity contribution in [1.82, 2.24) is 10.2 Å². The third-order valence-electron chi connectivity index (χ3n) is 5.09. The number of amides is 1. The molecule has 1 aromatic rings. The van der Waals surface area contributed by atoms with Gasteiger partial charge in [0.05, 0.1) is 5.41 Å². The highest BCUT2D eigenvalue weighted by Gasteiger charge is 2.41. The van der Waals surface area contributed by atoms with Crippen LogP contribution < -0.4 is 5.32 Å². The highest BCUT2D eigenvalue weighted by Crippen LogP contribution is 2.34. The van der Waals surface area contributed by atoms with E-state index in [-0.39, 0.29) is 17.1 Å². The molecule has 1 atom stereocenters. The van der Waals surface area contributed by atoms with Crippen molar-refractivity contribution in [2.24, 2.45) is 5.41 Å². The van der Waals surface area contributed by atoms with E-state index >= 15 is 0 Å². The lowest BCUT2D eigenvalue weighted by Crippen LogP contribution is -2.52. The zero-order valence-corrected chi connectivity index (χ0v) is 12.7. The molecule has 4 nitrogen and oxygen atoms in total. The molecule has 1 saturated heterocycles. The van der Waals surface area contributed by atoms with Crippen LogP contribution in [0.5, 0.6) is 5.75 Å². The van der Waals surface area contributed by atoms with Gasteiger partial charge < -0.3 is 15.3 Å². The molecule has 3 rings (SSSR count). The Morgan fingerprint density at radius 3 is 3.00 bits per heavy atom. The second-order valence-corrected chi connectivity index (χ2v) is 6.34. The van der Waals surface area contributed by atoms with Crippen LogP contribution in [0.25, 0.3) is 0 Å². The van der Waals surface area contributed by atoms with Gasteiger partial charge in [0.1, 0.15) is 5.75 Å². The predicted octanol–water partition coefficient (Wildman–Crippen LogP) is 2.06. The number of phenols is 1. The number of hydrogen-bond acceptors (Lipinski definition) is 3. The summed E-state index contributed by atoms with van der Waals surface area (Å²) < 4.78 is 0. The quantitative estimate of drug-likeness (QED) is 0.876. The number of phenolic OH excluding ortho intramolecular Hbond substituents is 1. The maximum absolute atomic E-state index is 13.0. The molecule has 4 heteroatoms. The number of nitrogens with one attached hydrogen (secondary N) is 1. The Bertz CT molecular complexity index is 536. The van der Waals surface area contributed by atoms with Crippen LogP contribution in [0.3, 0.4) is 0 Å². The molecule has 0 aliphatic carbocycles. The number of aromatic hydroxyl groups is 1. The van der Waals surface area contributed by atoms with E-state index in [9.17, 15) is 9.90 Å². The lowest BCUT2D eigenvalue weighted by Gasteiger charge is -2.41. The normalized spacial score (nSPS) is 25.5. The summed E-state index contributed by atoms with van der Waals surface area (Å²) in [6.07, 6.45) is 3.83. The van der Waals surface area contributed by atoms with Crippen LogP contribution in [0.2, 0.25) is 0 Å². The second-order valence-electron chi connectivity index (χ2n) is 6.34. The first kappa shape index (κ1) is 14.4. The minimum atomic E-state index is -0.230. The van der Waals surface area contributed by atoms with Crippen LogP contribution in [-0.4, -0.2) is 35.5 Å². The molecule has 1 amide bonds. The van der Waals surface area contributed by atoms with Gasteiger partial charge in [0.25, 0.3) is 0 Å². The molecule has 1 aromatic carbocycles. The summed E-state index contributed by atoms with van der Waals surface area (Å²) in [5.74, 6) is 0.568. The number of carbonyl (C=O) groups is 1. The van der Waals surface area contributed by atoms with Crippen molar-refractivity contribution in [3.8, 4) is 5.75 Å². The van der Waals surface area contributed by atoms with Crippen LogP contribution >= 0.6 is 0 Å². The number of carbonyl (C=O) groups excluding carboxylic acids is 1. The van der Waals surface area contributed by atoms with Crippen molar-refractivity contribution in [3.05, 3.63) is 29.3 Å². The molecular weight excluding hydrogens is 264 g/mol. The Morgan fingerprint density at radius 1 is 1.43 bits per heavy atom. The van der Waals surface area contributed by atoms with Gasteiger partial charge in [-0.3, -0.25) is 4.79 Å². The molecule has 2 aliphatic rings. The Hall–Kier alpha value is -1.55. The van der Waals surface area contributed by atoms with Crippen LogP contribution in [0, 0.1) is 5.41 Å². The van der Waals surface area contributed by atoms with Crippen molar-refractivity contribution in [2.45, 2.75) is 39.2 Å². The third kappa shape index (κ3) is 2.64.